The Hall–Kier alpha value is -1.58. The topological polar surface area (TPSA) is 48.3 Å². The molecule has 0 amide bonds. The zero-order valence-corrected chi connectivity index (χ0v) is 6.69. The number of nitrogens with zero attached hydrogens (tertiary/aromatic N) is 1. The van der Waals surface area contributed by atoms with Crippen LogP contribution in [-0.2, 0) is 4.79 Å². The average Bonchev–Trinajstić information content (AvgIpc) is 2.52. The molecule has 0 N–H and O–H groups in total. The van der Waals surface area contributed by atoms with Crippen LogP contribution in [0.1, 0.15) is 17.4 Å². The van der Waals surface area contributed by atoms with Crippen LogP contribution in [0.3, 0.4) is 0 Å². The van der Waals surface area contributed by atoms with Crippen molar-refractivity contribution in [2.45, 2.75) is 6.92 Å². The smallest absolute Gasteiger partial charge is 0.245 e. The molecule has 1 rings (SSSR count). The minimum Gasteiger partial charge on any atom is -0.414 e. The summed E-state index contributed by atoms with van der Waals surface area (Å²) in [6.45, 7) is 2.25. The van der Waals surface area contributed by atoms with E-state index in [1.165, 1.54) is 10.8 Å². The highest BCUT2D eigenvalue weighted by molar-refractivity contribution is 6.32. The lowest BCUT2D eigenvalue weighted by Crippen LogP contribution is -2.16. The van der Waals surface area contributed by atoms with Crippen LogP contribution in [0.4, 0.5) is 0 Å². The van der Waals surface area contributed by atoms with Crippen LogP contribution in [0, 0.1) is 0 Å². The maximum absolute atomic E-state index is 10.9. The summed E-state index contributed by atoms with van der Waals surface area (Å²) in [5.41, 5.74) is 0.256. The molecule has 0 aliphatic rings. The van der Waals surface area contributed by atoms with Gasteiger partial charge >= 0.3 is 0 Å². The average molecular weight is 167 g/mol. The van der Waals surface area contributed by atoms with E-state index in [9.17, 15) is 9.59 Å². The third kappa shape index (κ3) is 1.53. The summed E-state index contributed by atoms with van der Waals surface area (Å²) in [7, 11) is 0. The van der Waals surface area contributed by atoms with E-state index in [4.69, 9.17) is 4.84 Å². The van der Waals surface area contributed by atoms with Crippen molar-refractivity contribution in [2.24, 2.45) is 0 Å². The molecule has 0 fully saturated rings. The molecule has 0 aliphatic carbocycles. The molecular formula is C8H9NO3. The second kappa shape index (κ2) is 3.71. The van der Waals surface area contributed by atoms with Gasteiger partial charge in [-0.3, -0.25) is 9.59 Å². The minimum atomic E-state index is -0.576. The maximum Gasteiger partial charge on any atom is 0.245 e. The van der Waals surface area contributed by atoms with E-state index in [0.29, 0.717) is 6.61 Å². The number of hydrogen-bond acceptors (Lipinski definition) is 3. The molecular weight excluding hydrogens is 158 g/mol. The molecule has 0 radical (unpaired) electrons. The molecule has 0 aromatic carbocycles. The van der Waals surface area contributed by atoms with Gasteiger partial charge in [0.05, 0.1) is 0 Å². The van der Waals surface area contributed by atoms with Gasteiger partial charge < -0.3 is 4.84 Å². The van der Waals surface area contributed by atoms with Crippen molar-refractivity contribution in [2.75, 3.05) is 6.61 Å². The van der Waals surface area contributed by atoms with Crippen LogP contribution < -0.4 is 4.84 Å². The number of ketones is 1. The predicted octanol–water partition coefficient (Wildman–Crippen LogP) is 0.318. The molecule has 0 spiro atoms. The highest BCUT2D eigenvalue weighted by Gasteiger charge is 2.09. The molecule has 0 saturated carbocycles. The molecule has 0 unspecified atom stereocenters. The fourth-order valence-corrected chi connectivity index (χ4v) is 0.869. The monoisotopic (exact) mass is 167 g/mol. The third-order valence-electron chi connectivity index (χ3n) is 1.34. The van der Waals surface area contributed by atoms with Crippen molar-refractivity contribution in [3.63, 3.8) is 0 Å². The van der Waals surface area contributed by atoms with Crippen LogP contribution >= 0.6 is 0 Å². The second-order valence-corrected chi connectivity index (χ2v) is 2.12. The molecule has 1 heterocycles. The molecule has 4 nitrogen and oxygen atoms in total. The summed E-state index contributed by atoms with van der Waals surface area (Å²) in [6.07, 6.45) is 1.85. The van der Waals surface area contributed by atoms with Gasteiger partial charge in [0.2, 0.25) is 5.78 Å². The number of carbonyl (C=O) groups excluding carboxylic acids is 2. The van der Waals surface area contributed by atoms with E-state index in [1.54, 1.807) is 19.2 Å². The van der Waals surface area contributed by atoms with Gasteiger partial charge in [0, 0.05) is 6.20 Å². The van der Waals surface area contributed by atoms with Gasteiger partial charge in [0.25, 0.3) is 0 Å². The Balaban J connectivity index is 2.90. The second-order valence-electron chi connectivity index (χ2n) is 2.12. The van der Waals surface area contributed by atoms with Gasteiger partial charge in [-0.2, -0.15) is 4.73 Å². The van der Waals surface area contributed by atoms with E-state index in [1.807, 2.05) is 0 Å². The number of aromatic nitrogens is 1. The van der Waals surface area contributed by atoms with Crippen LogP contribution in [0.25, 0.3) is 0 Å². The van der Waals surface area contributed by atoms with Crippen molar-refractivity contribution in [3.8, 4) is 0 Å². The van der Waals surface area contributed by atoms with E-state index in [-0.39, 0.29) is 12.0 Å². The summed E-state index contributed by atoms with van der Waals surface area (Å²) in [5, 5.41) is 0. The highest BCUT2D eigenvalue weighted by atomic mass is 16.7. The Labute approximate surface area is 69.7 Å². The largest absolute Gasteiger partial charge is 0.414 e. The minimum absolute atomic E-state index is 0.256. The Kier molecular flexibility index (Phi) is 2.63. The van der Waals surface area contributed by atoms with E-state index < -0.39 is 5.78 Å². The van der Waals surface area contributed by atoms with Gasteiger partial charge in [-0.15, -0.1) is 0 Å². The van der Waals surface area contributed by atoms with Gasteiger partial charge in [0.15, 0.2) is 6.29 Å². The summed E-state index contributed by atoms with van der Waals surface area (Å²) < 4.78 is 1.29. The Morgan fingerprint density at radius 3 is 3.08 bits per heavy atom. The first kappa shape index (κ1) is 8.52. The highest BCUT2D eigenvalue weighted by Crippen LogP contribution is 1.99. The van der Waals surface area contributed by atoms with Crippen LogP contribution in [0.5, 0.6) is 0 Å². The van der Waals surface area contributed by atoms with Crippen molar-refractivity contribution in [1.29, 1.82) is 0 Å². The first-order valence-corrected chi connectivity index (χ1v) is 3.59. The number of carbonyl (C=O) groups is 2. The summed E-state index contributed by atoms with van der Waals surface area (Å²) >= 11 is 0. The van der Waals surface area contributed by atoms with Crippen molar-refractivity contribution >= 4 is 12.1 Å². The Bertz CT molecular complexity index is 290. The predicted molar refractivity (Wildman–Crippen MR) is 41.9 cm³/mol. The Morgan fingerprint density at radius 2 is 2.50 bits per heavy atom. The number of rotatable bonds is 4. The zero-order valence-electron chi connectivity index (χ0n) is 6.69. The lowest BCUT2D eigenvalue weighted by atomic mass is 10.3. The molecule has 0 aliphatic heterocycles. The molecule has 0 atom stereocenters. The van der Waals surface area contributed by atoms with Gasteiger partial charge in [0.1, 0.15) is 12.3 Å². The SMILES string of the molecule is CCOn1cccc1C(=O)C=O. The lowest BCUT2D eigenvalue weighted by molar-refractivity contribution is -0.104. The third-order valence-corrected chi connectivity index (χ3v) is 1.34. The van der Waals surface area contributed by atoms with Crippen LogP contribution in [0.15, 0.2) is 18.3 Å². The fourth-order valence-electron chi connectivity index (χ4n) is 0.869. The lowest BCUT2D eigenvalue weighted by Gasteiger charge is -2.05. The van der Waals surface area contributed by atoms with Crippen LogP contribution in [-0.4, -0.2) is 23.4 Å². The van der Waals surface area contributed by atoms with E-state index >= 15 is 0 Å². The number of hydrogen-bond donors (Lipinski definition) is 0. The summed E-state index contributed by atoms with van der Waals surface area (Å²) in [4.78, 5) is 26.1. The normalized spacial score (nSPS) is 9.42. The zero-order chi connectivity index (χ0) is 8.97. The van der Waals surface area contributed by atoms with E-state index in [2.05, 4.69) is 0 Å². The van der Waals surface area contributed by atoms with E-state index in [0.717, 1.165) is 0 Å². The first-order valence-electron chi connectivity index (χ1n) is 3.59. The first-order chi connectivity index (χ1) is 5.79. The molecule has 0 saturated heterocycles. The number of aldehydes is 1. The molecule has 1 aromatic heterocycles. The number of Topliss-reactive ketones (excluding diaryl/α,β-unsaturated/α-hetero) is 1. The summed E-state index contributed by atoms with van der Waals surface area (Å²) in [6, 6.07) is 3.18. The quantitative estimate of drug-likeness (QED) is 0.368. The molecule has 0 bridgehead atoms. The summed E-state index contributed by atoms with van der Waals surface area (Å²) in [5.74, 6) is -0.576. The van der Waals surface area contributed by atoms with Crippen molar-refractivity contribution in [3.05, 3.63) is 24.0 Å². The Morgan fingerprint density at radius 1 is 1.75 bits per heavy atom. The fraction of sp³-hybridized carbons (Fsp3) is 0.250. The molecule has 1 aromatic rings. The molecule has 64 valence electrons. The standard InChI is InChI=1S/C8H9NO3/c1-2-12-9-5-3-4-7(9)8(11)6-10/h3-6H,2H2,1H3. The molecule has 12 heavy (non-hydrogen) atoms. The maximum atomic E-state index is 10.9. The van der Waals surface area contributed by atoms with Gasteiger partial charge in [-0.1, -0.05) is 0 Å². The van der Waals surface area contributed by atoms with Crippen molar-refractivity contribution in [1.82, 2.24) is 4.73 Å². The molecule has 4 heteroatoms. The van der Waals surface area contributed by atoms with Crippen molar-refractivity contribution < 1.29 is 14.4 Å². The van der Waals surface area contributed by atoms with Gasteiger partial charge in [-0.25, -0.2) is 0 Å². The van der Waals surface area contributed by atoms with Crippen LogP contribution in [0.2, 0.25) is 0 Å². The van der Waals surface area contributed by atoms with Gasteiger partial charge in [-0.05, 0) is 19.1 Å².